The van der Waals surface area contributed by atoms with E-state index in [-0.39, 0.29) is 47.5 Å². The van der Waals surface area contributed by atoms with Crippen LogP contribution in [0.1, 0.15) is 95.2 Å². The van der Waals surface area contributed by atoms with Crippen LogP contribution >= 0.6 is 0 Å². The van der Waals surface area contributed by atoms with E-state index < -0.39 is 5.60 Å². The number of benzene rings is 3. The molecule has 4 saturated carbocycles. The van der Waals surface area contributed by atoms with E-state index in [0.29, 0.717) is 51.4 Å². The molecule has 4 aliphatic carbocycles. The van der Waals surface area contributed by atoms with E-state index in [1.54, 1.807) is 0 Å². The molecule has 62 heavy (non-hydrogen) atoms. The maximum atomic E-state index is 9.13. The molecule has 0 aromatic heterocycles. The van der Waals surface area contributed by atoms with Gasteiger partial charge in [0.25, 0.3) is 0 Å². The molecule has 0 spiro atoms. The van der Waals surface area contributed by atoms with Crippen molar-refractivity contribution >= 4 is 0 Å². The molecule has 0 aliphatic heterocycles. The summed E-state index contributed by atoms with van der Waals surface area (Å²) in [4.78, 5) is 8.91. The maximum Gasteiger partial charge on any atom is 0.143 e. The van der Waals surface area contributed by atoms with Crippen LogP contribution in [0.2, 0.25) is 0 Å². The molecule has 4 fully saturated rings. The van der Waals surface area contributed by atoms with E-state index in [1.807, 2.05) is 0 Å². The van der Waals surface area contributed by atoms with E-state index in [0.717, 1.165) is 74.5 Å². The van der Waals surface area contributed by atoms with Crippen molar-refractivity contribution in [2.75, 3.05) is 46.1 Å². The summed E-state index contributed by atoms with van der Waals surface area (Å²) >= 11 is 0. The second-order valence-electron chi connectivity index (χ2n) is 18.2. The average molecular weight is 842 g/mol. The molecule has 3 aromatic carbocycles. The Labute approximate surface area is 367 Å². The molecule has 0 amide bonds. The lowest BCUT2D eigenvalue weighted by Crippen LogP contribution is -2.62. The van der Waals surface area contributed by atoms with Crippen molar-refractivity contribution < 1.29 is 18.9 Å². The van der Waals surface area contributed by atoms with Crippen molar-refractivity contribution in [2.45, 2.75) is 102 Å². The van der Waals surface area contributed by atoms with Crippen LogP contribution in [-0.2, 0) is 24.5 Å². The fourth-order valence-electron chi connectivity index (χ4n) is 12.4. The highest BCUT2D eigenvalue weighted by molar-refractivity contribution is 5.47. The number of nitrogens with zero attached hydrogens (tertiary/aromatic N) is 9. The number of hydrogen-bond donors (Lipinski definition) is 0. The first kappa shape index (κ1) is 45.5. The molecule has 2 radical (unpaired) electrons. The number of hydrogen-bond acceptors (Lipinski definition) is 7. The highest BCUT2D eigenvalue weighted by atomic mass is 16.5. The molecular weight excluding hydrogens is 779 g/mol. The zero-order valence-corrected chi connectivity index (χ0v) is 36.7. The highest BCUT2D eigenvalue weighted by Gasteiger charge is 2.67. The van der Waals surface area contributed by atoms with E-state index >= 15 is 0 Å². The first-order valence-corrected chi connectivity index (χ1v) is 22.7. The zero-order valence-electron chi connectivity index (χ0n) is 36.7. The standard InChI is InChI=1S/C49H63N9O4/c1-35(14-13-28-62-49(36-15-7-4-8-16-36,37-17-9-5-10-18-37)38-19-11-6-12-20-38)41-21-22-42-46-43(34-45(48(41,42)3)61-31-27-55-58-52)47(2)24-23-40(59-29-25-53-56-50)32-39(47)33-44(46)60-30-26-54-57-51/h4-12,15-20,35,40-45H,13-14,21-34H2,1-3H3. The minimum absolute atomic E-state index is 0.0268. The third-order valence-corrected chi connectivity index (χ3v) is 15.2. The third kappa shape index (κ3) is 9.36. The average Bonchev–Trinajstić information content (AvgIpc) is 3.67. The van der Waals surface area contributed by atoms with Crippen molar-refractivity contribution in [1.82, 2.24) is 0 Å². The molecule has 0 N–H and O–H groups in total. The van der Waals surface area contributed by atoms with Crippen LogP contribution < -0.4 is 0 Å². The van der Waals surface area contributed by atoms with Crippen LogP contribution in [0.3, 0.4) is 0 Å². The summed E-state index contributed by atoms with van der Waals surface area (Å²) in [7, 11) is 0. The van der Waals surface area contributed by atoms with Gasteiger partial charge in [0.2, 0.25) is 0 Å². The fraction of sp³-hybridized carbons (Fsp3) is 0.592. The Morgan fingerprint density at radius 2 is 1.23 bits per heavy atom. The monoisotopic (exact) mass is 842 g/mol. The Kier molecular flexibility index (Phi) is 15.5. The minimum Gasteiger partial charge on any atom is -0.378 e. The Morgan fingerprint density at radius 1 is 0.677 bits per heavy atom. The van der Waals surface area contributed by atoms with Gasteiger partial charge in [-0.3, -0.25) is 0 Å². The van der Waals surface area contributed by atoms with Crippen molar-refractivity contribution in [3.8, 4) is 0 Å². The predicted molar refractivity (Wildman–Crippen MR) is 240 cm³/mol. The molecule has 13 heteroatoms. The molecule has 9 unspecified atom stereocenters. The first-order valence-electron chi connectivity index (χ1n) is 22.7. The summed E-state index contributed by atoms with van der Waals surface area (Å²) in [5, 5.41) is 11.3. The normalized spacial score (nSPS) is 28.9. The highest BCUT2D eigenvalue weighted by Crippen LogP contribution is 2.70. The van der Waals surface area contributed by atoms with Crippen molar-refractivity contribution in [3.63, 3.8) is 0 Å². The summed E-state index contributed by atoms with van der Waals surface area (Å²) in [5.41, 5.74) is 29.3. The van der Waals surface area contributed by atoms with Crippen LogP contribution in [0.5, 0.6) is 0 Å². The van der Waals surface area contributed by atoms with E-state index in [2.05, 4.69) is 142 Å². The Balaban J connectivity index is 1.13. The molecule has 328 valence electrons. The number of rotatable bonds is 21. The molecular formula is C49H63N9O4. The second kappa shape index (κ2) is 21.2. The number of fused-ring (bicyclic) bond motifs is 5. The van der Waals surface area contributed by atoms with Gasteiger partial charge in [0, 0.05) is 52.3 Å². The van der Waals surface area contributed by atoms with Crippen LogP contribution in [0.25, 0.3) is 31.3 Å². The second-order valence-corrected chi connectivity index (χ2v) is 18.2. The molecule has 0 saturated heterocycles. The lowest BCUT2D eigenvalue weighted by Gasteiger charge is -2.64. The van der Waals surface area contributed by atoms with Gasteiger partial charge in [-0.2, -0.15) is 0 Å². The van der Waals surface area contributed by atoms with Crippen molar-refractivity contribution in [2.24, 2.45) is 49.8 Å². The third-order valence-electron chi connectivity index (χ3n) is 15.2. The van der Waals surface area contributed by atoms with Gasteiger partial charge in [-0.05, 0) is 126 Å². The van der Waals surface area contributed by atoms with E-state index in [4.69, 9.17) is 35.5 Å². The van der Waals surface area contributed by atoms with Gasteiger partial charge >= 0.3 is 0 Å². The van der Waals surface area contributed by atoms with Gasteiger partial charge in [-0.1, -0.05) is 127 Å². The van der Waals surface area contributed by atoms with Crippen LogP contribution in [0.4, 0.5) is 0 Å². The summed E-state index contributed by atoms with van der Waals surface area (Å²) in [6.07, 6.45) is 8.51. The number of azide groups is 3. The van der Waals surface area contributed by atoms with Gasteiger partial charge in [0.05, 0.1) is 38.1 Å². The van der Waals surface area contributed by atoms with Crippen LogP contribution in [0.15, 0.2) is 106 Å². The molecule has 7 rings (SSSR count). The Morgan fingerprint density at radius 3 is 1.79 bits per heavy atom. The molecule has 4 aliphatic rings. The van der Waals surface area contributed by atoms with Gasteiger partial charge < -0.3 is 18.9 Å². The Bertz CT molecular complexity index is 1930. The molecule has 0 bridgehead atoms. The van der Waals surface area contributed by atoms with Gasteiger partial charge in [0.15, 0.2) is 0 Å². The van der Waals surface area contributed by atoms with Crippen LogP contribution in [0, 0.1) is 46.3 Å². The molecule has 9 atom stereocenters. The van der Waals surface area contributed by atoms with Gasteiger partial charge in [0.1, 0.15) is 5.60 Å². The minimum atomic E-state index is -0.755. The first-order chi connectivity index (χ1) is 30.3. The maximum absolute atomic E-state index is 9.13. The zero-order chi connectivity index (χ0) is 43.4. The van der Waals surface area contributed by atoms with E-state index in [1.165, 1.54) is 11.8 Å². The van der Waals surface area contributed by atoms with E-state index in [9.17, 15) is 0 Å². The van der Waals surface area contributed by atoms with Crippen LogP contribution in [-0.4, -0.2) is 64.4 Å². The molecule has 3 aromatic rings. The molecule has 13 nitrogen and oxygen atoms in total. The van der Waals surface area contributed by atoms with Crippen molar-refractivity contribution in [3.05, 3.63) is 151 Å². The Hall–Kier alpha value is -4.57. The molecule has 0 heterocycles. The summed E-state index contributed by atoms with van der Waals surface area (Å²) in [5.74, 6) is 4.33. The number of ether oxygens (including phenoxy) is 4. The fourth-order valence-corrected chi connectivity index (χ4v) is 12.4. The predicted octanol–water partition coefficient (Wildman–Crippen LogP) is 12.3. The summed E-state index contributed by atoms with van der Waals surface area (Å²) in [6, 6.07) is 31.8. The topological polar surface area (TPSA) is 183 Å². The SMILES string of the molecule is CC(CCCOC(c1ccccc1)(c1ccccc1)c1ccccc1)C1CCC2[C]3C(OCCN=[N+]=[N-])C[C]4CC(OCCN=[N+]=[N-])CCC4(C)C3CC(OCCN=[N+]=[N-])C21C. The lowest BCUT2D eigenvalue weighted by atomic mass is 9.43. The van der Waals surface area contributed by atoms with Crippen molar-refractivity contribution in [1.29, 1.82) is 0 Å². The van der Waals surface area contributed by atoms with Gasteiger partial charge in [-0.25, -0.2) is 0 Å². The quantitative estimate of drug-likeness (QED) is 0.0340. The smallest absolute Gasteiger partial charge is 0.143 e. The summed E-state index contributed by atoms with van der Waals surface area (Å²) < 4.78 is 27.2. The largest absolute Gasteiger partial charge is 0.378 e. The lowest BCUT2D eigenvalue weighted by molar-refractivity contribution is -0.151. The summed E-state index contributed by atoms with van der Waals surface area (Å²) in [6.45, 7) is 10.0. The van der Waals surface area contributed by atoms with Gasteiger partial charge in [-0.15, -0.1) is 0 Å².